The van der Waals surface area contributed by atoms with Crippen molar-refractivity contribution >= 4 is 15.9 Å². The third-order valence-corrected chi connectivity index (χ3v) is 4.31. The summed E-state index contributed by atoms with van der Waals surface area (Å²) in [6.45, 7) is 0. The van der Waals surface area contributed by atoms with Crippen LogP contribution in [0.4, 0.5) is 0 Å². The van der Waals surface area contributed by atoms with Crippen molar-refractivity contribution in [1.29, 1.82) is 0 Å². The molecule has 1 saturated carbocycles. The number of furan rings is 1. The van der Waals surface area contributed by atoms with Crippen molar-refractivity contribution in [2.75, 3.05) is 7.05 Å². The molecule has 0 radical (unpaired) electrons. The van der Waals surface area contributed by atoms with Crippen LogP contribution in [-0.2, 0) is 0 Å². The Labute approximate surface area is 106 Å². The van der Waals surface area contributed by atoms with Crippen LogP contribution in [0.15, 0.2) is 21.4 Å². The molecule has 1 aromatic rings. The molecule has 16 heavy (non-hydrogen) atoms. The van der Waals surface area contributed by atoms with Crippen LogP contribution in [0.3, 0.4) is 0 Å². The standard InChI is InChI=1S/C13H20BrNO/c1-15-12(11-8-9-16-13(11)14)10-6-4-2-3-5-7-10/h8-10,12,15H,2-7H2,1H3. The summed E-state index contributed by atoms with van der Waals surface area (Å²) in [5.41, 5.74) is 1.27. The summed E-state index contributed by atoms with van der Waals surface area (Å²) in [5, 5.41) is 3.45. The minimum Gasteiger partial charge on any atom is -0.457 e. The molecule has 0 amide bonds. The summed E-state index contributed by atoms with van der Waals surface area (Å²) in [4.78, 5) is 0. The van der Waals surface area contributed by atoms with Crippen molar-refractivity contribution in [2.24, 2.45) is 5.92 Å². The summed E-state index contributed by atoms with van der Waals surface area (Å²) in [5.74, 6) is 0.751. The summed E-state index contributed by atoms with van der Waals surface area (Å²) >= 11 is 3.49. The highest BCUT2D eigenvalue weighted by molar-refractivity contribution is 9.10. The smallest absolute Gasteiger partial charge is 0.173 e. The summed E-state index contributed by atoms with van der Waals surface area (Å²) < 4.78 is 6.23. The van der Waals surface area contributed by atoms with Crippen LogP contribution in [-0.4, -0.2) is 7.05 Å². The number of hydrogen-bond donors (Lipinski definition) is 1. The Hall–Kier alpha value is -0.280. The Morgan fingerprint density at radius 2 is 2.00 bits per heavy atom. The fourth-order valence-electron chi connectivity index (χ4n) is 2.82. The monoisotopic (exact) mass is 285 g/mol. The topological polar surface area (TPSA) is 25.2 Å². The summed E-state index contributed by atoms with van der Waals surface area (Å²) in [7, 11) is 2.05. The van der Waals surface area contributed by atoms with Gasteiger partial charge in [-0.3, -0.25) is 0 Å². The SMILES string of the molecule is CNC(c1ccoc1Br)C1CCCCCC1. The van der Waals surface area contributed by atoms with Crippen LogP contribution in [0, 0.1) is 5.92 Å². The Bertz CT molecular complexity index is 315. The van der Waals surface area contributed by atoms with E-state index in [4.69, 9.17) is 4.42 Å². The molecule has 1 heterocycles. The predicted molar refractivity (Wildman–Crippen MR) is 69.4 cm³/mol. The fourth-order valence-corrected chi connectivity index (χ4v) is 3.30. The Kier molecular flexibility index (Phi) is 4.47. The normalized spacial score (nSPS) is 20.6. The van der Waals surface area contributed by atoms with E-state index >= 15 is 0 Å². The molecule has 1 aliphatic rings. The van der Waals surface area contributed by atoms with Gasteiger partial charge in [-0.2, -0.15) is 0 Å². The Morgan fingerprint density at radius 1 is 1.31 bits per heavy atom. The molecule has 0 saturated heterocycles. The van der Waals surface area contributed by atoms with Gasteiger partial charge in [-0.25, -0.2) is 0 Å². The molecule has 0 aromatic carbocycles. The van der Waals surface area contributed by atoms with Crippen molar-refractivity contribution < 1.29 is 4.42 Å². The van der Waals surface area contributed by atoms with Crippen LogP contribution >= 0.6 is 15.9 Å². The van der Waals surface area contributed by atoms with E-state index in [2.05, 4.69) is 34.4 Å². The highest BCUT2D eigenvalue weighted by Crippen LogP contribution is 2.36. The zero-order valence-corrected chi connectivity index (χ0v) is 11.4. The first-order valence-electron chi connectivity index (χ1n) is 6.23. The van der Waals surface area contributed by atoms with Crippen LogP contribution in [0.2, 0.25) is 0 Å². The van der Waals surface area contributed by atoms with Crippen LogP contribution < -0.4 is 5.32 Å². The van der Waals surface area contributed by atoms with Crippen molar-refractivity contribution in [1.82, 2.24) is 5.32 Å². The second kappa shape index (κ2) is 5.87. The zero-order chi connectivity index (χ0) is 11.4. The van der Waals surface area contributed by atoms with Gasteiger partial charge in [0.05, 0.1) is 6.26 Å². The average molecular weight is 286 g/mol. The third kappa shape index (κ3) is 2.69. The van der Waals surface area contributed by atoms with Crippen LogP contribution in [0.1, 0.15) is 50.1 Å². The van der Waals surface area contributed by atoms with Gasteiger partial charge in [-0.1, -0.05) is 25.7 Å². The first kappa shape index (κ1) is 12.2. The molecule has 2 rings (SSSR count). The number of rotatable bonds is 3. The van der Waals surface area contributed by atoms with E-state index < -0.39 is 0 Å². The highest BCUT2D eigenvalue weighted by Gasteiger charge is 2.25. The molecular formula is C13H20BrNO. The number of hydrogen-bond acceptors (Lipinski definition) is 2. The Balaban J connectivity index is 2.12. The third-order valence-electron chi connectivity index (χ3n) is 3.66. The second-order valence-electron chi connectivity index (χ2n) is 4.67. The van der Waals surface area contributed by atoms with Gasteiger partial charge in [-0.15, -0.1) is 0 Å². The van der Waals surface area contributed by atoms with Crippen molar-refractivity contribution in [3.8, 4) is 0 Å². The summed E-state index contributed by atoms with van der Waals surface area (Å²) in [6.07, 6.45) is 9.99. The van der Waals surface area contributed by atoms with Gasteiger partial charge in [0.15, 0.2) is 4.67 Å². The van der Waals surface area contributed by atoms with E-state index in [1.54, 1.807) is 6.26 Å². The maximum absolute atomic E-state index is 5.35. The second-order valence-corrected chi connectivity index (χ2v) is 5.39. The lowest BCUT2D eigenvalue weighted by Crippen LogP contribution is -2.25. The molecule has 0 bridgehead atoms. The number of nitrogens with one attached hydrogen (secondary N) is 1. The van der Waals surface area contributed by atoms with E-state index in [9.17, 15) is 0 Å². The summed E-state index contributed by atoms with van der Waals surface area (Å²) in [6, 6.07) is 2.52. The van der Waals surface area contributed by atoms with Gasteiger partial charge in [0.1, 0.15) is 0 Å². The molecule has 1 N–H and O–H groups in total. The first-order valence-corrected chi connectivity index (χ1v) is 7.02. The first-order chi connectivity index (χ1) is 7.83. The van der Waals surface area contributed by atoms with E-state index in [0.29, 0.717) is 6.04 Å². The molecule has 1 atom stereocenters. The van der Waals surface area contributed by atoms with Gasteiger partial charge in [0.2, 0.25) is 0 Å². The lowest BCUT2D eigenvalue weighted by Gasteiger charge is -2.25. The van der Waals surface area contributed by atoms with E-state index in [-0.39, 0.29) is 0 Å². The van der Waals surface area contributed by atoms with Gasteiger partial charge in [0, 0.05) is 11.6 Å². The molecule has 1 unspecified atom stereocenters. The molecule has 90 valence electrons. The molecule has 1 aromatic heterocycles. The van der Waals surface area contributed by atoms with Gasteiger partial charge in [0.25, 0.3) is 0 Å². The molecular weight excluding hydrogens is 266 g/mol. The molecule has 3 heteroatoms. The average Bonchev–Trinajstić information content (AvgIpc) is 2.57. The highest BCUT2D eigenvalue weighted by atomic mass is 79.9. The maximum Gasteiger partial charge on any atom is 0.173 e. The van der Waals surface area contributed by atoms with Gasteiger partial charge in [-0.05, 0) is 47.8 Å². The zero-order valence-electron chi connectivity index (χ0n) is 9.84. The van der Waals surface area contributed by atoms with Crippen molar-refractivity contribution in [3.05, 3.63) is 22.6 Å². The molecule has 1 fully saturated rings. The predicted octanol–water partition coefficient (Wildman–Crippen LogP) is 4.27. The van der Waals surface area contributed by atoms with Crippen molar-refractivity contribution in [3.63, 3.8) is 0 Å². The molecule has 2 nitrogen and oxygen atoms in total. The lowest BCUT2D eigenvalue weighted by atomic mass is 9.88. The van der Waals surface area contributed by atoms with Gasteiger partial charge < -0.3 is 9.73 Å². The van der Waals surface area contributed by atoms with E-state index in [0.717, 1.165) is 10.6 Å². The lowest BCUT2D eigenvalue weighted by molar-refractivity contribution is 0.337. The Morgan fingerprint density at radius 3 is 2.50 bits per heavy atom. The van der Waals surface area contributed by atoms with Crippen molar-refractivity contribution in [2.45, 2.75) is 44.6 Å². The largest absolute Gasteiger partial charge is 0.457 e. The van der Waals surface area contributed by atoms with Crippen LogP contribution in [0.5, 0.6) is 0 Å². The fraction of sp³-hybridized carbons (Fsp3) is 0.692. The van der Waals surface area contributed by atoms with Gasteiger partial charge >= 0.3 is 0 Å². The van der Waals surface area contributed by atoms with E-state index in [1.165, 1.54) is 44.1 Å². The number of halogens is 1. The molecule has 0 aliphatic heterocycles. The molecule has 0 spiro atoms. The van der Waals surface area contributed by atoms with E-state index in [1.807, 2.05) is 0 Å². The quantitative estimate of drug-likeness (QED) is 0.839. The van der Waals surface area contributed by atoms with Crippen LogP contribution in [0.25, 0.3) is 0 Å². The molecule has 1 aliphatic carbocycles. The minimum absolute atomic E-state index is 0.436. The minimum atomic E-state index is 0.436. The maximum atomic E-state index is 5.35.